The minimum atomic E-state index is -0.493. The topological polar surface area (TPSA) is 62.1 Å². The summed E-state index contributed by atoms with van der Waals surface area (Å²) >= 11 is 6.14. The van der Waals surface area contributed by atoms with Crippen LogP contribution in [0.2, 0.25) is 5.02 Å². The highest BCUT2D eigenvalue weighted by atomic mass is 35.5. The van der Waals surface area contributed by atoms with Crippen molar-refractivity contribution in [2.45, 2.75) is 20.5 Å². The number of nitrogens with one attached hydrogen (secondary N) is 1. The van der Waals surface area contributed by atoms with Crippen LogP contribution in [0.25, 0.3) is 6.08 Å². The molecule has 0 saturated carbocycles. The summed E-state index contributed by atoms with van der Waals surface area (Å²) in [5.41, 5.74) is 4.35. The minimum Gasteiger partial charge on any atom is -0.488 e. The molecule has 4 nitrogen and oxygen atoms in total. The number of hydrogen-bond donors (Lipinski definition) is 1. The first-order chi connectivity index (χ1) is 14.4. The van der Waals surface area contributed by atoms with E-state index in [1.54, 1.807) is 24.3 Å². The Balaban J connectivity index is 1.82. The number of anilines is 1. The van der Waals surface area contributed by atoms with Crippen molar-refractivity contribution in [2.24, 2.45) is 0 Å². The zero-order valence-electron chi connectivity index (χ0n) is 16.8. The Labute approximate surface area is 181 Å². The summed E-state index contributed by atoms with van der Waals surface area (Å²) < 4.78 is 5.93. The van der Waals surface area contributed by atoms with E-state index in [0.29, 0.717) is 28.6 Å². The van der Waals surface area contributed by atoms with Crippen LogP contribution in [0.1, 0.15) is 22.3 Å². The molecule has 0 radical (unpaired) electrons. The predicted octanol–water partition coefficient (Wildman–Crippen LogP) is 6.08. The molecule has 0 bridgehead atoms. The number of hydrogen-bond acceptors (Lipinski definition) is 3. The average Bonchev–Trinajstić information content (AvgIpc) is 2.72. The molecular weight excluding hydrogens is 396 g/mol. The molecule has 0 aromatic heterocycles. The van der Waals surface area contributed by atoms with Gasteiger partial charge in [0.05, 0.1) is 0 Å². The lowest BCUT2D eigenvalue weighted by Gasteiger charge is -2.11. The van der Waals surface area contributed by atoms with Crippen LogP contribution < -0.4 is 10.1 Å². The maximum absolute atomic E-state index is 12.6. The molecule has 0 spiro atoms. The van der Waals surface area contributed by atoms with E-state index >= 15 is 0 Å². The molecular formula is C25H21ClN2O2. The first kappa shape index (κ1) is 21.2. The largest absolute Gasteiger partial charge is 0.488 e. The Morgan fingerprint density at radius 2 is 1.83 bits per heavy atom. The monoisotopic (exact) mass is 416 g/mol. The van der Waals surface area contributed by atoms with Crippen molar-refractivity contribution < 1.29 is 9.53 Å². The number of halogens is 1. The summed E-state index contributed by atoms with van der Waals surface area (Å²) in [4.78, 5) is 12.6. The molecule has 30 heavy (non-hydrogen) atoms. The van der Waals surface area contributed by atoms with Crippen molar-refractivity contribution in [3.05, 3.63) is 99.6 Å². The van der Waals surface area contributed by atoms with Crippen molar-refractivity contribution in [2.75, 3.05) is 5.32 Å². The fourth-order valence-corrected chi connectivity index (χ4v) is 3.01. The smallest absolute Gasteiger partial charge is 0.266 e. The Morgan fingerprint density at radius 3 is 2.53 bits per heavy atom. The first-order valence-electron chi connectivity index (χ1n) is 9.42. The maximum atomic E-state index is 12.6. The van der Waals surface area contributed by atoms with Gasteiger partial charge in [0, 0.05) is 16.3 Å². The van der Waals surface area contributed by atoms with Crippen molar-refractivity contribution >= 4 is 29.3 Å². The van der Waals surface area contributed by atoms with Gasteiger partial charge in [0.1, 0.15) is 24.0 Å². The molecule has 0 aliphatic rings. The molecule has 0 aliphatic heterocycles. The normalized spacial score (nSPS) is 10.9. The fourth-order valence-electron chi connectivity index (χ4n) is 2.83. The molecule has 1 N–H and O–H groups in total. The zero-order chi connectivity index (χ0) is 21.5. The van der Waals surface area contributed by atoms with E-state index in [4.69, 9.17) is 16.3 Å². The van der Waals surface area contributed by atoms with Crippen molar-refractivity contribution in [1.82, 2.24) is 0 Å². The van der Waals surface area contributed by atoms with Gasteiger partial charge in [-0.05, 0) is 61.4 Å². The number of carbonyl (C=O) groups excluding carboxylic acids is 1. The average molecular weight is 417 g/mol. The van der Waals surface area contributed by atoms with E-state index in [0.717, 1.165) is 11.1 Å². The van der Waals surface area contributed by atoms with Gasteiger partial charge >= 0.3 is 0 Å². The van der Waals surface area contributed by atoms with Gasteiger partial charge in [0.2, 0.25) is 0 Å². The van der Waals surface area contributed by atoms with Crippen LogP contribution in [0.5, 0.6) is 5.75 Å². The fraction of sp³-hybridized carbons (Fsp3) is 0.120. The van der Waals surface area contributed by atoms with E-state index in [2.05, 4.69) is 5.32 Å². The van der Waals surface area contributed by atoms with Gasteiger partial charge in [-0.25, -0.2) is 0 Å². The van der Waals surface area contributed by atoms with Gasteiger partial charge in [-0.1, -0.05) is 53.6 Å². The van der Waals surface area contributed by atoms with Crippen molar-refractivity contribution in [3.8, 4) is 11.8 Å². The van der Waals surface area contributed by atoms with Crippen LogP contribution in [0.3, 0.4) is 0 Å². The molecule has 3 aromatic carbocycles. The molecule has 0 unspecified atom stereocenters. The Morgan fingerprint density at radius 1 is 1.07 bits per heavy atom. The summed E-state index contributed by atoms with van der Waals surface area (Å²) in [6, 6.07) is 22.5. The Hall–Kier alpha value is -3.55. The molecule has 150 valence electrons. The SMILES string of the molecule is Cc1ccc(COc2ccc(Cl)cc2/C=C(\C#N)C(=O)Nc2cccc(C)c2)cc1. The highest BCUT2D eigenvalue weighted by molar-refractivity contribution is 6.30. The van der Waals surface area contributed by atoms with Crippen LogP contribution in [0.15, 0.2) is 72.3 Å². The quantitative estimate of drug-likeness (QED) is 0.391. The van der Waals surface area contributed by atoms with Gasteiger partial charge in [0.25, 0.3) is 5.91 Å². The molecule has 0 aliphatic carbocycles. The molecule has 3 rings (SSSR count). The van der Waals surface area contributed by atoms with Crippen molar-refractivity contribution in [1.29, 1.82) is 5.26 Å². The van der Waals surface area contributed by atoms with E-state index in [1.165, 1.54) is 11.6 Å². The van der Waals surface area contributed by atoms with Crippen LogP contribution in [-0.4, -0.2) is 5.91 Å². The van der Waals surface area contributed by atoms with Crippen LogP contribution in [-0.2, 0) is 11.4 Å². The number of amides is 1. The Kier molecular flexibility index (Phi) is 6.90. The van der Waals surface area contributed by atoms with Gasteiger partial charge in [0.15, 0.2) is 0 Å². The standard InChI is InChI=1S/C25H21ClN2O2/c1-17-6-8-19(9-7-17)16-30-24-11-10-22(26)14-20(24)13-21(15-27)25(29)28-23-5-3-4-18(2)12-23/h3-14H,16H2,1-2H3,(H,28,29)/b21-13+. The summed E-state index contributed by atoms with van der Waals surface area (Å²) in [6.07, 6.45) is 1.49. The number of nitriles is 1. The second kappa shape index (κ2) is 9.78. The second-order valence-corrected chi connectivity index (χ2v) is 7.39. The molecule has 0 atom stereocenters. The lowest BCUT2D eigenvalue weighted by Crippen LogP contribution is -2.13. The molecule has 5 heteroatoms. The van der Waals surface area contributed by atoms with E-state index in [-0.39, 0.29) is 5.57 Å². The number of carbonyl (C=O) groups is 1. The van der Waals surface area contributed by atoms with E-state index in [1.807, 2.05) is 62.4 Å². The maximum Gasteiger partial charge on any atom is 0.266 e. The molecule has 0 fully saturated rings. The predicted molar refractivity (Wildman–Crippen MR) is 120 cm³/mol. The summed E-state index contributed by atoms with van der Waals surface area (Å²) in [5, 5.41) is 12.8. The van der Waals surface area contributed by atoms with Crippen LogP contribution in [0.4, 0.5) is 5.69 Å². The summed E-state index contributed by atoms with van der Waals surface area (Å²) in [5.74, 6) is 0.0450. The summed E-state index contributed by atoms with van der Waals surface area (Å²) in [6.45, 7) is 4.32. The molecule has 0 heterocycles. The highest BCUT2D eigenvalue weighted by Crippen LogP contribution is 2.26. The third kappa shape index (κ3) is 5.73. The first-order valence-corrected chi connectivity index (χ1v) is 9.80. The minimum absolute atomic E-state index is 0.0426. The van der Waals surface area contributed by atoms with Gasteiger partial charge in [-0.3, -0.25) is 4.79 Å². The molecule has 3 aromatic rings. The Bertz CT molecular complexity index is 1130. The van der Waals surface area contributed by atoms with Gasteiger partial charge < -0.3 is 10.1 Å². The third-order valence-electron chi connectivity index (χ3n) is 4.43. The number of ether oxygens (including phenoxy) is 1. The lowest BCUT2D eigenvalue weighted by molar-refractivity contribution is -0.112. The number of benzene rings is 3. The zero-order valence-corrected chi connectivity index (χ0v) is 17.5. The van der Waals surface area contributed by atoms with Crippen LogP contribution >= 0.6 is 11.6 Å². The van der Waals surface area contributed by atoms with Crippen LogP contribution in [0, 0.1) is 25.2 Å². The third-order valence-corrected chi connectivity index (χ3v) is 4.66. The van der Waals surface area contributed by atoms with Gasteiger partial charge in [-0.15, -0.1) is 0 Å². The van der Waals surface area contributed by atoms with Gasteiger partial charge in [-0.2, -0.15) is 5.26 Å². The van der Waals surface area contributed by atoms with E-state index < -0.39 is 5.91 Å². The highest BCUT2D eigenvalue weighted by Gasteiger charge is 2.12. The molecule has 1 amide bonds. The number of aryl methyl sites for hydroxylation is 2. The molecule has 0 saturated heterocycles. The van der Waals surface area contributed by atoms with E-state index in [9.17, 15) is 10.1 Å². The summed E-state index contributed by atoms with van der Waals surface area (Å²) in [7, 11) is 0. The lowest BCUT2D eigenvalue weighted by atomic mass is 10.1. The number of rotatable bonds is 6. The van der Waals surface area contributed by atoms with Crippen molar-refractivity contribution in [3.63, 3.8) is 0 Å². The number of nitrogens with zero attached hydrogens (tertiary/aromatic N) is 1. The second-order valence-electron chi connectivity index (χ2n) is 6.95.